The summed E-state index contributed by atoms with van der Waals surface area (Å²) in [4.78, 5) is 0. The van der Waals surface area contributed by atoms with Gasteiger partial charge in [-0.15, -0.1) is 0 Å². The lowest BCUT2D eigenvalue weighted by Crippen LogP contribution is -1.95. The van der Waals surface area contributed by atoms with Crippen LogP contribution in [0, 0.1) is 0 Å². The van der Waals surface area contributed by atoms with E-state index in [-0.39, 0.29) is 0 Å². The summed E-state index contributed by atoms with van der Waals surface area (Å²) in [7, 11) is 2.63. The number of rotatable bonds is 4. The Morgan fingerprint density at radius 3 is 2.92 bits per heavy atom. The van der Waals surface area contributed by atoms with E-state index in [1.54, 1.807) is 7.11 Å². The van der Waals surface area contributed by atoms with Crippen molar-refractivity contribution in [1.29, 1.82) is 0 Å². The van der Waals surface area contributed by atoms with Gasteiger partial charge in [0.15, 0.2) is 0 Å². The molecule has 0 spiro atoms. The van der Waals surface area contributed by atoms with E-state index in [9.17, 15) is 0 Å². The van der Waals surface area contributed by atoms with Crippen molar-refractivity contribution in [2.24, 2.45) is 0 Å². The summed E-state index contributed by atoms with van der Waals surface area (Å²) >= 11 is 0. The fraction of sp³-hybridized carbons (Fsp3) is 0.400. The van der Waals surface area contributed by atoms with Crippen molar-refractivity contribution < 1.29 is 4.74 Å². The summed E-state index contributed by atoms with van der Waals surface area (Å²) in [5.74, 6) is 0.969. The Labute approximate surface area is 75.9 Å². The molecule has 2 heteroatoms. The first kappa shape index (κ1) is 9.54. The fourth-order valence-electron chi connectivity index (χ4n) is 1.00. The van der Waals surface area contributed by atoms with E-state index in [1.807, 2.05) is 6.07 Å². The molecule has 0 aliphatic carbocycles. The van der Waals surface area contributed by atoms with E-state index >= 15 is 0 Å². The zero-order valence-electron chi connectivity index (χ0n) is 7.63. The average molecular weight is 182 g/mol. The Morgan fingerprint density at radius 1 is 1.42 bits per heavy atom. The zero-order valence-corrected chi connectivity index (χ0v) is 8.63. The van der Waals surface area contributed by atoms with Gasteiger partial charge in [0.1, 0.15) is 5.75 Å². The van der Waals surface area contributed by atoms with E-state index in [2.05, 4.69) is 25.1 Å². The monoisotopic (exact) mass is 182 g/mol. The van der Waals surface area contributed by atoms with Crippen LogP contribution < -0.4 is 10.0 Å². The maximum absolute atomic E-state index is 5.14. The Morgan fingerprint density at radius 2 is 2.25 bits per heavy atom. The highest BCUT2D eigenvalue weighted by Crippen LogP contribution is 2.15. The summed E-state index contributed by atoms with van der Waals surface area (Å²) in [6.07, 6.45) is 2.54. The molecule has 0 aromatic heterocycles. The van der Waals surface area contributed by atoms with Gasteiger partial charge in [-0.25, -0.2) is 0 Å². The third kappa shape index (κ3) is 2.83. The molecule has 66 valence electrons. The summed E-state index contributed by atoms with van der Waals surface area (Å²) < 4.78 is 5.14. The van der Waals surface area contributed by atoms with Crippen molar-refractivity contribution in [3.8, 4) is 5.75 Å². The van der Waals surface area contributed by atoms with Crippen LogP contribution in [0.4, 0.5) is 0 Å². The van der Waals surface area contributed by atoms with Crippen LogP contribution >= 0.6 is 8.58 Å². The highest BCUT2D eigenvalue weighted by molar-refractivity contribution is 7.47. The van der Waals surface area contributed by atoms with Crippen molar-refractivity contribution >= 4 is 13.9 Å². The van der Waals surface area contributed by atoms with Gasteiger partial charge in [-0.05, 0) is 23.6 Å². The van der Waals surface area contributed by atoms with Crippen LogP contribution in [-0.4, -0.2) is 13.3 Å². The fourth-order valence-corrected chi connectivity index (χ4v) is 2.00. The molecule has 1 atom stereocenters. The van der Waals surface area contributed by atoms with Gasteiger partial charge < -0.3 is 4.74 Å². The first-order valence-electron chi connectivity index (χ1n) is 4.24. The molecule has 12 heavy (non-hydrogen) atoms. The molecule has 0 amide bonds. The first-order valence-corrected chi connectivity index (χ1v) is 5.45. The van der Waals surface area contributed by atoms with E-state index < -0.39 is 0 Å². The molecule has 0 aliphatic rings. The van der Waals surface area contributed by atoms with Crippen LogP contribution in [0.2, 0.25) is 0 Å². The minimum atomic E-state index is 0.924. The maximum atomic E-state index is 5.14. The van der Waals surface area contributed by atoms with Gasteiger partial charge in [0.25, 0.3) is 0 Å². The SMILES string of the molecule is CCCPc1cccc(OC)c1. The summed E-state index contributed by atoms with van der Waals surface area (Å²) in [6, 6.07) is 8.32. The van der Waals surface area contributed by atoms with Gasteiger partial charge in [-0.2, -0.15) is 0 Å². The highest BCUT2D eigenvalue weighted by Gasteiger charge is 1.93. The highest BCUT2D eigenvalue weighted by atomic mass is 31.1. The Bertz CT molecular complexity index is 235. The minimum Gasteiger partial charge on any atom is -0.497 e. The molecule has 0 saturated carbocycles. The van der Waals surface area contributed by atoms with E-state index in [1.165, 1.54) is 17.9 Å². The van der Waals surface area contributed by atoms with Crippen molar-refractivity contribution in [2.45, 2.75) is 13.3 Å². The Kier molecular flexibility index (Phi) is 4.10. The molecule has 1 aromatic rings. The third-order valence-corrected chi connectivity index (χ3v) is 3.12. The van der Waals surface area contributed by atoms with Crippen LogP contribution in [-0.2, 0) is 0 Å². The van der Waals surface area contributed by atoms with Crippen molar-refractivity contribution in [3.05, 3.63) is 24.3 Å². The normalized spacial score (nSPS) is 10.8. The molecule has 1 rings (SSSR count). The van der Waals surface area contributed by atoms with Gasteiger partial charge in [-0.3, -0.25) is 0 Å². The lowest BCUT2D eigenvalue weighted by molar-refractivity contribution is 0.415. The molecule has 0 aliphatic heterocycles. The van der Waals surface area contributed by atoms with Crippen LogP contribution in [0.5, 0.6) is 5.75 Å². The minimum absolute atomic E-state index is 0.924. The van der Waals surface area contributed by atoms with Crippen LogP contribution in [0.15, 0.2) is 24.3 Å². The number of hydrogen-bond donors (Lipinski definition) is 0. The second kappa shape index (κ2) is 5.16. The molecular formula is C10H15OP. The molecule has 1 nitrogen and oxygen atoms in total. The van der Waals surface area contributed by atoms with E-state index in [0.717, 1.165) is 14.3 Å². The number of methoxy groups -OCH3 is 1. The predicted molar refractivity (Wildman–Crippen MR) is 56.1 cm³/mol. The van der Waals surface area contributed by atoms with Gasteiger partial charge in [0.05, 0.1) is 7.11 Å². The number of benzene rings is 1. The average Bonchev–Trinajstić information content (AvgIpc) is 2.15. The predicted octanol–water partition coefficient (Wildman–Crippen LogP) is 2.41. The molecule has 0 N–H and O–H groups in total. The summed E-state index contributed by atoms with van der Waals surface area (Å²) in [5.41, 5.74) is 0. The number of ether oxygens (including phenoxy) is 1. The molecule has 0 heterocycles. The Hall–Kier alpha value is -0.550. The third-order valence-electron chi connectivity index (χ3n) is 1.65. The van der Waals surface area contributed by atoms with E-state index in [0.29, 0.717) is 0 Å². The van der Waals surface area contributed by atoms with Crippen molar-refractivity contribution in [1.82, 2.24) is 0 Å². The van der Waals surface area contributed by atoms with Gasteiger partial charge in [0, 0.05) is 0 Å². The smallest absolute Gasteiger partial charge is 0.119 e. The molecule has 0 radical (unpaired) electrons. The topological polar surface area (TPSA) is 9.23 Å². The van der Waals surface area contributed by atoms with Crippen molar-refractivity contribution in [2.75, 3.05) is 13.3 Å². The molecular weight excluding hydrogens is 167 g/mol. The second-order valence-electron chi connectivity index (χ2n) is 2.66. The second-order valence-corrected chi connectivity index (χ2v) is 4.09. The van der Waals surface area contributed by atoms with Crippen LogP contribution in [0.25, 0.3) is 0 Å². The number of hydrogen-bond acceptors (Lipinski definition) is 1. The van der Waals surface area contributed by atoms with Crippen LogP contribution in [0.1, 0.15) is 13.3 Å². The lowest BCUT2D eigenvalue weighted by atomic mass is 10.3. The van der Waals surface area contributed by atoms with Crippen molar-refractivity contribution in [3.63, 3.8) is 0 Å². The zero-order chi connectivity index (χ0) is 8.81. The van der Waals surface area contributed by atoms with Crippen LogP contribution in [0.3, 0.4) is 0 Å². The quantitative estimate of drug-likeness (QED) is 0.650. The first-order chi connectivity index (χ1) is 5.86. The molecule has 0 fully saturated rings. The van der Waals surface area contributed by atoms with E-state index in [4.69, 9.17) is 4.74 Å². The largest absolute Gasteiger partial charge is 0.497 e. The Balaban J connectivity index is 2.60. The summed E-state index contributed by atoms with van der Waals surface area (Å²) in [5, 5.41) is 1.40. The standard InChI is InChI=1S/C10H15OP/c1-3-7-12-10-6-4-5-9(8-10)11-2/h4-6,8,12H,3,7H2,1-2H3. The summed E-state index contributed by atoms with van der Waals surface area (Å²) in [6.45, 7) is 2.22. The van der Waals surface area contributed by atoms with Gasteiger partial charge in [-0.1, -0.05) is 34.1 Å². The maximum Gasteiger partial charge on any atom is 0.119 e. The van der Waals surface area contributed by atoms with Gasteiger partial charge in [0.2, 0.25) is 0 Å². The molecule has 1 unspecified atom stereocenters. The molecule has 0 saturated heterocycles. The molecule has 0 bridgehead atoms. The lowest BCUT2D eigenvalue weighted by Gasteiger charge is -2.02. The van der Waals surface area contributed by atoms with Gasteiger partial charge >= 0.3 is 0 Å². The molecule has 1 aromatic carbocycles.